The van der Waals surface area contributed by atoms with E-state index in [0.717, 1.165) is 18.1 Å². The van der Waals surface area contributed by atoms with Crippen LogP contribution in [0.4, 0.5) is 0 Å². The molecule has 1 N–H and O–H groups in total. The molecule has 14 heavy (non-hydrogen) atoms. The van der Waals surface area contributed by atoms with Gasteiger partial charge in [0.25, 0.3) is 0 Å². The van der Waals surface area contributed by atoms with E-state index in [4.69, 9.17) is 0 Å². The Kier molecular flexibility index (Phi) is 11.3. The molecular weight excluding hydrogens is 254 g/mol. The number of hydrogen-bond donors (Lipinski definition) is 3. The third kappa shape index (κ3) is 7.34. The summed E-state index contributed by atoms with van der Waals surface area (Å²) in [6.45, 7) is 2.98. The largest absolute Gasteiger partial charge is 0.306 e. The predicted octanol–water partition coefficient (Wildman–Crippen LogP) is 1.77. The van der Waals surface area contributed by atoms with Gasteiger partial charge in [0.1, 0.15) is 0 Å². The van der Waals surface area contributed by atoms with E-state index < -0.39 is 0 Å². The molecule has 0 saturated carbocycles. The average molecular weight is 271 g/mol. The zero-order chi connectivity index (χ0) is 10.8. The van der Waals surface area contributed by atoms with E-state index in [1.807, 2.05) is 21.6 Å². The Balaban J connectivity index is 3.48. The third-order valence-corrected chi connectivity index (χ3v) is 4.66. The summed E-state index contributed by atoms with van der Waals surface area (Å²) in [5.74, 6) is 3.09. The van der Waals surface area contributed by atoms with Gasteiger partial charge >= 0.3 is 0 Å². The van der Waals surface area contributed by atoms with Crippen LogP contribution in [0.1, 0.15) is 6.92 Å². The van der Waals surface area contributed by atoms with Crippen molar-refractivity contribution in [2.75, 3.05) is 29.6 Å². The van der Waals surface area contributed by atoms with Gasteiger partial charge in [0.05, 0.1) is 11.8 Å². The van der Waals surface area contributed by atoms with Gasteiger partial charge in [-0.15, -0.1) is 0 Å². The van der Waals surface area contributed by atoms with Gasteiger partial charge in [-0.1, -0.05) is 28.5 Å². The van der Waals surface area contributed by atoms with Gasteiger partial charge in [-0.2, -0.15) is 25.3 Å². The Morgan fingerprint density at radius 1 is 1.43 bits per heavy atom. The van der Waals surface area contributed by atoms with E-state index in [1.165, 1.54) is 0 Å². The molecule has 1 atom stereocenters. The van der Waals surface area contributed by atoms with Crippen LogP contribution in [-0.2, 0) is 4.79 Å². The minimum absolute atomic E-state index is 0.122. The summed E-state index contributed by atoms with van der Waals surface area (Å²) in [7, 11) is 3.66. The minimum atomic E-state index is -0.136. The Morgan fingerprint density at radius 2 is 2.14 bits per heavy atom. The molecule has 2 nitrogen and oxygen atoms in total. The van der Waals surface area contributed by atoms with E-state index in [-0.39, 0.29) is 17.6 Å². The summed E-state index contributed by atoms with van der Waals surface area (Å²) >= 11 is 8.08. The standard InChI is InChI=1S/C8H17NOS4/c1-2-13-14-4-3-9-7(5-11)8(10)6-12/h7,9,11-12H,2-6H2,1H3/t7-/m0/s1. The van der Waals surface area contributed by atoms with Crippen molar-refractivity contribution in [3.63, 3.8) is 0 Å². The minimum Gasteiger partial charge on any atom is -0.306 e. The summed E-state index contributed by atoms with van der Waals surface area (Å²) in [5.41, 5.74) is 0. The van der Waals surface area contributed by atoms with Crippen LogP contribution in [0.15, 0.2) is 0 Å². The number of hydrogen-bond acceptors (Lipinski definition) is 6. The molecule has 0 rings (SSSR count). The van der Waals surface area contributed by atoms with Crippen LogP contribution in [0, 0.1) is 0 Å². The molecule has 0 aliphatic carbocycles. The number of rotatable bonds is 9. The molecular formula is C8H17NOS4. The van der Waals surface area contributed by atoms with Crippen LogP contribution in [0.3, 0.4) is 0 Å². The molecule has 0 spiro atoms. The number of ketones is 1. The van der Waals surface area contributed by atoms with E-state index in [1.54, 1.807) is 0 Å². The van der Waals surface area contributed by atoms with Gasteiger partial charge in [-0.25, -0.2) is 0 Å². The van der Waals surface area contributed by atoms with Gasteiger partial charge in [-0.05, 0) is 0 Å². The zero-order valence-corrected chi connectivity index (χ0v) is 11.7. The molecule has 0 radical (unpaired) electrons. The molecule has 0 bridgehead atoms. The molecule has 0 amide bonds. The SMILES string of the molecule is CCSSCCN[C@@H](CS)C(=O)CS. The zero-order valence-electron chi connectivity index (χ0n) is 8.23. The van der Waals surface area contributed by atoms with Crippen LogP contribution < -0.4 is 5.32 Å². The maximum absolute atomic E-state index is 11.3. The van der Waals surface area contributed by atoms with Crippen LogP contribution >= 0.6 is 46.8 Å². The highest BCUT2D eigenvalue weighted by molar-refractivity contribution is 8.76. The monoisotopic (exact) mass is 271 g/mol. The van der Waals surface area contributed by atoms with Crippen molar-refractivity contribution < 1.29 is 4.79 Å². The normalized spacial score (nSPS) is 12.8. The van der Waals surface area contributed by atoms with Gasteiger partial charge in [0.15, 0.2) is 5.78 Å². The lowest BCUT2D eigenvalue weighted by molar-refractivity contribution is -0.118. The molecule has 6 heteroatoms. The maximum Gasteiger partial charge on any atom is 0.160 e. The fourth-order valence-electron chi connectivity index (χ4n) is 0.807. The van der Waals surface area contributed by atoms with E-state index in [2.05, 4.69) is 37.5 Å². The average Bonchev–Trinajstić information content (AvgIpc) is 2.22. The molecule has 0 unspecified atom stereocenters. The highest BCUT2D eigenvalue weighted by Gasteiger charge is 2.13. The molecule has 84 valence electrons. The van der Waals surface area contributed by atoms with Gasteiger partial charge in [0, 0.05) is 23.8 Å². The Hall–Kier alpha value is 1.03. The van der Waals surface area contributed by atoms with Gasteiger partial charge in [0.2, 0.25) is 0 Å². The quantitative estimate of drug-likeness (QED) is 0.339. The summed E-state index contributed by atoms with van der Waals surface area (Å²) in [5, 5.41) is 3.17. The van der Waals surface area contributed by atoms with Crippen molar-refractivity contribution in [3.8, 4) is 0 Å². The summed E-state index contributed by atoms with van der Waals surface area (Å²) in [6, 6.07) is -0.136. The second-order valence-electron chi connectivity index (χ2n) is 2.54. The van der Waals surface area contributed by atoms with Gasteiger partial charge in [-0.3, -0.25) is 4.79 Å². The lowest BCUT2D eigenvalue weighted by atomic mass is 10.2. The van der Waals surface area contributed by atoms with E-state index in [9.17, 15) is 4.79 Å². The lowest BCUT2D eigenvalue weighted by Gasteiger charge is -2.13. The van der Waals surface area contributed by atoms with Crippen molar-refractivity contribution in [2.24, 2.45) is 0 Å². The molecule has 0 fully saturated rings. The lowest BCUT2D eigenvalue weighted by Crippen LogP contribution is -2.40. The van der Waals surface area contributed by atoms with Crippen LogP contribution in [0.5, 0.6) is 0 Å². The van der Waals surface area contributed by atoms with Crippen molar-refractivity contribution in [1.29, 1.82) is 0 Å². The second kappa shape index (κ2) is 10.5. The molecule has 0 aliphatic heterocycles. The number of nitrogens with one attached hydrogen (secondary N) is 1. The first-order valence-electron chi connectivity index (χ1n) is 4.48. The topological polar surface area (TPSA) is 29.1 Å². The van der Waals surface area contributed by atoms with E-state index >= 15 is 0 Å². The van der Waals surface area contributed by atoms with Crippen molar-refractivity contribution in [1.82, 2.24) is 5.32 Å². The Labute approximate surface area is 105 Å². The van der Waals surface area contributed by atoms with Gasteiger partial charge < -0.3 is 5.32 Å². The highest BCUT2D eigenvalue weighted by Crippen LogP contribution is 2.18. The molecule has 0 saturated heterocycles. The fraction of sp³-hybridized carbons (Fsp3) is 0.875. The number of Topliss-reactive ketones (excluding diaryl/α,β-unsaturated/α-hetero) is 1. The second-order valence-corrected chi connectivity index (χ2v) is 6.09. The molecule has 0 aliphatic rings. The highest BCUT2D eigenvalue weighted by atomic mass is 33.1. The van der Waals surface area contributed by atoms with Crippen LogP contribution in [0.25, 0.3) is 0 Å². The van der Waals surface area contributed by atoms with Crippen molar-refractivity contribution in [3.05, 3.63) is 0 Å². The van der Waals surface area contributed by atoms with E-state index in [0.29, 0.717) is 5.75 Å². The van der Waals surface area contributed by atoms with Crippen LogP contribution in [0.2, 0.25) is 0 Å². The first-order chi connectivity index (χ1) is 6.76. The summed E-state index contributed by atoms with van der Waals surface area (Å²) in [4.78, 5) is 11.3. The number of carbonyl (C=O) groups excluding carboxylic acids is 1. The first kappa shape index (κ1) is 15.0. The smallest absolute Gasteiger partial charge is 0.160 e. The molecule has 0 aromatic carbocycles. The fourth-order valence-corrected chi connectivity index (χ4v) is 2.95. The molecule has 0 aromatic heterocycles. The summed E-state index contributed by atoms with van der Waals surface area (Å²) < 4.78 is 0. The first-order valence-corrected chi connectivity index (χ1v) is 8.23. The molecule has 0 heterocycles. The number of carbonyl (C=O) groups is 1. The Bertz CT molecular complexity index is 156. The molecule has 0 aromatic rings. The third-order valence-electron chi connectivity index (χ3n) is 1.50. The van der Waals surface area contributed by atoms with Crippen molar-refractivity contribution in [2.45, 2.75) is 13.0 Å². The predicted molar refractivity (Wildman–Crippen MR) is 75.1 cm³/mol. The summed E-state index contributed by atoms with van der Waals surface area (Å²) in [6.07, 6.45) is 0. The number of thiol groups is 2. The van der Waals surface area contributed by atoms with Crippen LogP contribution in [-0.4, -0.2) is 41.4 Å². The van der Waals surface area contributed by atoms with Crippen molar-refractivity contribution >= 4 is 52.6 Å². The maximum atomic E-state index is 11.3. The Morgan fingerprint density at radius 3 is 2.64 bits per heavy atom.